The topological polar surface area (TPSA) is 97.7 Å². The molecular formula is C27H36O6. The van der Waals surface area contributed by atoms with E-state index in [1.54, 1.807) is 19.9 Å². The smallest absolute Gasteiger partial charge is 0.334 e. The molecule has 0 radical (unpaired) electrons. The number of esters is 1. The number of rotatable bonds is 9. The van der Waals surface area contributed by atoms with Gasteiger partial charge in [-0.3, -0.25) is 14.4 Å². The summed E-state index contributed by atoms with van der Waals surface area (Å²) in [5.41, 5.74) is 0.169. The number of hydrogen-bond donors (Lipinski definition) is 1. The van der Waals surface area contributed by atoms with Crippen molar-refractivity contribution in [2.24, 2.45) is 29.1 Å². The highest BCUT2D eigenvalue weighted by molar-refractivity contribution is 6.00. The third-order valence-electron chi connectivity index (χ3n) is 7.53. The van der Waals surface area contributed by atoms with Crippen molar-refractivity contribution < 1.29 is 29.0 Å². The molecule has 0 saturated heterocycles. The molecule has 6 heteroatoms. The van der Waals surface area contributed by atoms with Gasteiger partial charge in [-0.15, -0.1) is 0 Å². The van der Waals surface area contributed by atoms with Gasteiger partial charge in [0.15, 0.2) is 5.78 Å². The molecule has 33 heavy (non-hydrogen) atoms. The first-order valence-corrected chi connectivity index (χ1v) is 11.6. The maximum absolute atomic E-state index is 12.8. The van der Waals surface area contributed by atoms with Crippen LogP contribution in [0, 0.1) is 29.1 Å². The van der Waals surface area contributed by atoms with Crippen LogP contribution < -0.4 is 0 Å². The number of aliphatic carboxylic acids is 1. The van der Waals surface area contributed by atoms with Crippen molar-refractivity contribution in [2.45, 2.75) is 66.4 Å². The molecule has 1 fully saturated rings. The van der Waals surface area contributed by atoms with Crippen LogP contribution in [-0.2, 0) is 23.9 Å². The molecular weight excluding hydrogens is 420 g/mol. The zero-order valence-electron chi connectivity index (χ0n) is 20.3. The molecule has 2 aliphatic rings. The van der Waals surface area contributed by atoms with Gasteiger partial charge in [-0.05, 0) is 55.2 Å². The largest absolute Gasteiger partial charge is 0.481 e. The highest BCUT2D eigenvalue weighted by atomic mass is 16.5. The molecule has 0 amide bonds. The molecule has 2 aliphatic carbocycles. The summed E-state index contributed by atoms with van der Waals surface area (Å²) in [6.07, 6.45) is 8.74. The average Bonchev–Trinajstić information content (AvgIpc) is 2.77. The lowest BCUT2D eigenvalue weighted by molar-refractivity contribution is -0.152. The Kier molecular flexibility index (Phi) is 8.76. The van der Waals surface area contributed by atoms with Crippen LogP contribution in [0.5, 0.6) is 0 Å². The van der Waals surface area contributed by atoms with Gasteiger partial charge in [0, 0.05) is 11.0 Å². The van der Waals surface area contributed by atoms with Gasteiger partial charge in [0.05, 0.1) is 11.8 Å². The molecule has 6 nitrogen and oxygen atoms in total. The van der Waals surface area contributed by atoms with Gasteiger partial charge < -0.3 is 9.84 Å². The van der Waals surface area contributed by atoms with E-state index >= 15 is 0 Å². The second-order valence-corrected chi connectivity index (χ2v) is 9.71. The Bertz CT molecular complexity index is 908. The van der Waals surface area contributed by atoms with Crippen molar-refractivity contribution in [3.05, 3.63) is 47.6 Å². The highest BCUT2D eigenvalue weighted by Gasteiger charge is 2.53. The van der Waals surface area contributed by atoms with Crippen LogP contribution in [0.3, 0.4) is 0 Å². The van der Waals surface area contributed by atoms with Crippen LogP contribution in [0.25, 0.3) is 0 Å². The Labute approximate surface area is 196 Å². The Balaban J connectivity index is 2.26. The second kappa shape index (κ2) is 10.9. The fourth-order valence-electron chi connectivity index (χ4n) is 4.80. The van der Waals surface area contributed by atoms with E-state index in [9.17, 15) is 24.3 Å². The molecule has 0 spiro atoms. The van der Waals surface area contributed by atoms with Gasteiger partial charge in [0.2, 0.25) is 0 Å². The standard InChI is InChI=1S/C27H36O6/c1-7-16(2)17(3)9-8-10-18(4)26(32)33-24-12-11-21(25(30)31)27(6)14-20(19(5)15-28)23(29)13-22(24)27/h8-10,13,15-17,20-21,24H,5,7,11-12,14H2,1-4,6H3,(H,30,31). The van der Waals surface area contributed by atoms with Crippen LogP contribution in [0.2, 0.25) is 0 Å². The zero-order chi connectivity index (χ0) is 24.9. The minimum atomic E-state index is -0.963. The summed E-state index contributed by atoms with van der Waals surface area (Å²) in [6, 6.07) is 0. The molecule has 0 aromatic rings. The maximum atomic E-state index is 12.8. The van der Waals surface area contributed by atoms with Crippen LogP contribution in [0.15, 0.2) is 47.6 Å². The predicted octanol–water partition coefficient (Wildman–Crippen LogP) is 4.85. The lowest BCUT2D eigenvalue weighted by Gasteiger charge is -2.48. The third kappa shape index (κ3) is 5.79. The minimum absolute atomic E-state index is 0.136. The number of carbonyl (C=O) groups excluding carboxylic acids is 3. The number of fused-ring (bicyclic) bond motifs is 1. The summed E-state index contributed by atoms with van der Waals surface area (Å²) in [7, 11) is 0. The van der Waals surface area contributed by atoms with E-state index in [-0.39, 0.29) is 17.8 Å². The number of ketones is 1. The normalized spacial score (nSPS) is 29.6. The lowest BCUT2D eigenvalue weighted by Crippen LogP contribution is -2.49. The quantitative estimate of drug-likeness (QED) is 0.230. The maximum Gasteiger partial charge on any atom is 0.334 e. The molecule has 1 N–H and O–H groups in total. The SMILES string of the molecule is C=C(C=O)C1CC2(C)C(=CC1=O)C(OC(=O)C(C)=CC=CC(C)C(C)CC)CCC2C(=O)O. The zero-order valence-corrected chi connectivity index (χ0v) is 20.3. The van der Waals surface area contributed by atoms with Crippen molar-refractivity contribution in [1.29, 1.82) is 0 Å². The Morgan fingerprint density at radius 1 is 1.33 bits per heavy atom. The van der Waals surface area contributed by atoms with E-state index in [0.717, 1.165) is 6.42 Å². The van der Waals surface area contributed by atoms with E-state index in [2.05, 4.69) is 33.4 Å². The van der Waals surface area contributed by atoms with Crippen LogP contribution >= 0.6 is 0 Å². The van der Waals surface area contributed by atoms with E-state index in [1.807, 2.05) is 6.08 Å². The molecule has 0 heterocycles. The number of carbonyl (C=O) groups is 4. The van der Waals surface area contributed by atoms with Crippen LogP contribution in [0.1, 0.15) is 60.3 Å². The van der Waals surface area contributed by atoms with Gasteiger partial charge in [-0.1, -0.05) is 58.9 Å². The molecule has 0 aliphatic heterocycles. The summed E-state index contributed by atoms with van der Waals surface area (Å²) >= 11 is 0. The van der Waals surface area contributed by atoms with E-state index in [1.165, 1.54) is 6.08 Å². The Morgan fingerprint density at radius 3 is 2.58 bits per heavy atom. The minimum Gasteiger partial charge on any atom is -0.481 e. The van der Waals surface area contributed by atoms with Gasteiger partial charge in [-0.2, -0.15) is 0 Å². The molecule has 1 saturated carbocycles. The molecule has 6 atom stereocenters. The molecule has 2 rings (SSSR count). The molecule has 6 unspecified atom stereocenters. The number of carboxylic acid groups (broad SMARTS) is 1. The number of ether oxygens (including phenoxy) is 1. The van der Waals surface area contributed by atoms with Gasteiger partial charge in [-0.25, -0.2) is 4.79 Å². The van der Waals surface area contributed by atoms with E-state index in [4.69, 9.17) is 4.74 Å². The fraction of sp³-hybridized carbons (Fsp3) is 0.556. The predicted molar refractivity (Wildman–Crippen MR) is 126 cm³/mol. The van der Waals surface area contributed by atoms with Crippen molar-refractivity contribution in [2.75, 3.05) is 0 Å². The van der Waals surface area contributed by atoms with Crippen molar-refractivity contribution in [3.8, 4) is 0 Å². The van der Waals surface area contributed by atoms with E-state index < -0.39 is 35.3 Å². The lowest BCUT2D eigenvalue weighted by atomic mass is 9.56. The van der Waals surface area contributed by atoms with Gasteiger partial charge in [0.1, 0.15) is 12.4 Å². The van der Waals surface area contributed by atoms with Crippen LogP contribution in [-0.4, -0.2) is 35.2 Å². The summed E-state index contributed by atoms with van der Waals surface area (Å²) in [5.74, 6) is -2.34. The molecule has 180 valence electrons. The first-order valence-electron chi connectivity index (χ1n) is 11.6. The highest BCUT2D eigenvalue weighted by Crippen LogP contribution is 2.53. The summed E-state index contributed by atoms with van der Waals surface area (Å²) in [6.45, 7) is 13.6. The van der Waals surface area contributed by atoms with E-state index in [0.29, 0.717) is 42.1 Å². The summed E-state index contributed by atoms with van der Waals surface area (Å²) in [5, 5.41) is 9.82. The fourth-order valence-corrected chi connectivity index (χ4v) is 4.80. The third-order valence-corrected chi connectivity index (χ3v) is 7.53. The van der Waals surface area contributed by atoms with Crippen LogP contribution in [0.4, 0.5) is 0 Å². The second-order valence-electron chi connectivity index (χ2n) is 9.71. The van der Waals surface area contributed by atoms with Crippen molar-refractivity contribution in [1.82, 2.24) is 0 Å². The monoisotopic (exact) mass is 456 g/mol. The van der Waals surface area contributed by atoms with Crippen molar-refractivity contribution >= 4 is 24.0 Å². The number of carboxylic acids is 1. The number of aldehydes is 1. The Morgan fingerprint density at radius 2 is 2.00 bits per heavy atom. The Hall–Kier alpha value is -2.76. The van der Waals surface area contributed by atoms with Crippen molar-refractivity contribution in [3.63, 3.8) is 0 Å². The number of hydrogen-bond acceptors (Lipinski definition) is 5. The molecule has 0 aromatic carbocycles. The summed E-state index contributed by atoms with van der Waals surface area (Å²) < 4.78 is 5.77. The average molecular weight is 457 g/mol. The number of allylic oxidation sites excluding steroid dienone is 5. The molecule has 0 bridgehead atoms. The van der Waals surface area contributed by atoms with Gasteiger partial charge >= 0.3 is 11.9 Å². The first kappa shape index (κ1) is 26.5. The summed E-state index contributed by atoms with van der Waals surface area (Å²) in [4.78, 5) is 48.7. The van der Waals surface area contributed by atoms with Gasteiger partial charge in [0.25, 0.3) is 0 Å². The molecule has 0 aromatic heterocycles. The first-order chi connectivity index (χ1) is 15.5.